The number of esters is 1. The summed E-state index contributed by atoms with van der Waals surface area (Å²) < 4.78 is 6.04. The average Bonchev–Trinajstić information content (AvgIpc) is 2.94. The summed E-state index contributed by atoms with van der Waals surface area (Å²) in [4.78, 5) is 26.3. The van der Waals surface area contributed by atoms with Gasteiger partial charge in [0, 0.05) is 30.6 Å². The van der Waals surface area contributed by atoms with Gasteiger partial charge in [-0.15, -0.1) is 0 Å². The summed E-state index contributed by atoms with van der Waals surface area (Å²) in [5, 5.41) is 23.2. The van der Waals surface area contributed by atoms with Gasteiger partial charge in [-0.1, -0.05) is 44.1 Å². The third-order valence-electron chi connectivity index (χ3n) is 7.15. The number of carbonyl (C=O) groups is 2. The molecule has 0 aromatic carbocycles. The molecule has 1 aliphatic carbocycles. The van der Waals surface area contributed by atoms with Crippen LogP contribution < -0.4 is 5.32 Å². The molecule has 0 radical (unpaired) electrons. The highest BCUT2D eigenvalue weighted by Gasteiger charge is 2.64. The Hall–Kier alpha value is -1.92. The second-order valence-electron chi connectivity index (χ2n) is 10.1. The van der Waals surface area contributed by atoms with Gasteiger partial charge in [0.25, 0.3) is 5.91 Å². The zero-order valence-electron chi connectivity index (χ0n) is 19.3. The van der Waals surface area contributed by atoms with Gasteiger partial charge in [-0.05, 0) is 56.9 Å². The molecule has 1 fully saturated rings. The van der Waals surface area contributed by atoms with Crippen LogP contribution in [0, 0.1) is 29.6 Å². The molecule has 3 rings (SSSR count). The zero-order chi connectivity index (χ0) is 22.9. The van der Waals surface area contributed by atoms with Crippen molar-refractivity contribution in [2.75, 3.05) is 6.61 Å². The quantitative estimate of drug-likeness (QED) is 0.472. The lowest BCUT2D eigenvalue weighted by Crippen LogP contribution is -2.56. The molecule has 1 spiro atoms. The molecule has 6 heteroatoms. The van der Waals surface area contributed by atoms with Crippen LogP contribution in [-0.4, -0.2) is 46.4 Å². The van der Waals surface area contributed by atoms with E-state index < -0.39 is 17.7 Å². The second kappa shape index (κ2) is 9.29. The normalized spacial score (nSPS) is 38.8. The Balaban J connectivity index is 2.14. The van der Waals surface area contributed by atoms with Crippen molar-refractivity contribution in [3.8, 4) is 0 Å². The molecule has 6 nitrogen and oxygen atoms in total. The first-order valence-electron chi connectivity index (χ1n) is 11.4. The van der Waals surface area contributed by atoms with E-state index in [0.717, 1.165) is 12.0 Å². The third kappa shape index (κ3) is 4.65. The van der Waals surface area contributed by atoms with Crippen LogP contribution in [0.2, 0.25) is 0 Å². The highest BCUT2D eigenvalue weighted by Crippen LogP contribution is 2.51. The Bertz CT molecular complexity index is 798. The van der Waals surface area contributed by atoms with Crippen LogP contribution in [0.15, 0.2) is 35.5 Å². The molecule has 2 heterocycles. The number of carbonyl (C=O) groups excluding carboxylic acids is 2. The number of aliphatic hydroxyl groups excluding tert-OH is 2. The first-order chi connectivity index (χ1) is 14.6. The maximum absolute atomic E-state index is 13.5. The van der Waals surface area contributed by atoms with Crippen LogP contribution in [0.3, 0.4) is 0 Å². The minimum Gasteiger partial charge on any atom is -0.444 e. The Kier molecular flexibility index (Phi) is 7.11. The predicted octanol–water partition coefficient (Wildman–Crippen LogP) is 2.91. The fourth-order valence-electron chi connectivity index (χ4n) is 5.69. The van der Waals surface area contributed by atoms with Crippen LogP contribution in [-0.2, 0) is 14.3 Å². The van der Waals surface area contributed by atoms with E-state index in [2.05, 4.69) is 39.1 Å². The Morgan fingerprint density at radius 3 is 2.61 bits per heavy atom. The van der Waals surface area contributed by atoms with Gasteiger partial charge >= 0.3 is 5.97 Å². The number of hydrogen-bond acceptors (Lipinski definition) is 5. The molecule has 1 saturated heterocycles. The van der Waals surface area contributed by atoms with Gasteiger partial charge in [-0.2, -0.15) is 0 Å². The number of aliphatic hydroxyl groups is 2. The average molecular weight is 432 g/mol. The molecule has 0 saturated carbocycles. The van der Waals surface area contributed by atoms with Crippen LogP contribution in [0.25, 0.3) is 0 Å². The van der Waals surface area contributed by atoms with E-state index in [1.807, 2.05) is 13.0 Å². The largest absolute Gasteiger partial charge is 0.444 e. The van der Waals surface area contributed by atoms with Crippen molar-refractivity contribution in [2.24, 2.45) is 29.6 Å². The lowest BCUT2D eigenvalue weighted by atomic mass is 9.63. The minimum atomic E-state index is -1.32. The molecule has 7 unspecified atom stereocenters. The fraction of sp³-hybridized carbons (Fsp3) is 0.680. The molecular formula is C25H37NO5. The van der Waals surface area contributed by atoms with E-state index in [0.29, 0.717) is 18.8 Å². The van der Waals surface area contributed by atoms with Crippen LogP contribution in [0.4, 0.5) is 0 Å². The fourth-order valence-corrected chi connectivity index (χ4v) is 5.69. The Morgan fingerprint density at radius 2 is 1.97 bits per heavy atom. The lowest BCUT2D eigenvalue weighted by Gasteiger charge is -2.45. The van der Waals surface area contributed by atoms with Gasteiger partial charge in [0.1, 0.15) is 0 Å². The van der Waals surface area contributed by atoms with Crippen molar-refractivity contribution < 1.29 is 24.5 Å². The summed E-state index contributed by atoms with van der Waals surface area (Å²) in [6.07, 6.45) is 7.61. The highest BCUT2D eigenvalue weighted by atomic mass is 16.6. The van der Waals surface area contributed by atoms with Gasteiger partial charge in [-0.3, -0.25) is 4.79 Å². The van der Waals surface area contributed by atoms with Crippen molar-refractivity contribution in [2.45, 2.75) is 71.6 Å². The molecule has 172 valence electrons. The van der Waals surface area contributed by atoms with Gasteiger partial charge in [-0.25, -0.2) is 4.79 Å². The first-order valence-corrected chi connectivity index (χ1v) is 11.4. The zero-order valence-corrected chi connectivity index (χ0v) is 19.3. The minimum absolute atomic E-state index is 0.0538. The third-order valence-corrected chi connectivity index (χ3v) is 7.15. The topological polar surface area (TPSA) is 95.9 Å². The number of nitrogens with one attached hydrogen (secondary N) is 1. The van der Waals surface area contributed by atoms with E-state index in [1.54, 1.807) is 0 Å². The Labute approximate surface area is 185 Å². The monoisotopic (exact) mass is 431 g/mol. The molecule has 0 aromatic heterocycles. The lowest BCUT2D eigenvalue weighted by molar-refractivity contribution is -0.172. The van der Waals surface area contributed by atoms with Gasteiger partial charge in [0.15, 0.2) is 0 Å². The number of amides is 1. The van der Waals surface area contributed by atoms with E-state index in [4.69, 9.17) is 4.74 Å². The molecule has 0 bridgehead atoms. The van der Waals surface area contributed by atoms with E-state index >= 15 is 0 Å². The summed E-state index contributed by atoms with van der Waals surface area (Å²) >= 11 is 0. The Morgan fingerprint density at radius 1 is 1.26 bits per heavy atom. The van der Waals surface area contributed by atoms with Crippen molar-refractivity contribution in [3.05, 3.63) is 35.5 Å². The maximum Gasteiger partial charge on any atom is 0.331 e. The summed E-state index contributed by atoms with van der Waals surface area (Å²) in [5.74, 6) is -1.10. The summed E-state index contributed by atoms with van der Waals surface area (Å²) in [5.41, 5.74) is 0.876. The van der Waals surface area contributed by atoms with E-state index in [1.165, 1.54) is 17.7 Å². The second-order valence-corrected chi connectivity index (χ2v) is 10.1. The van der Waals surface area contributed by atoms with Crippen molar-refractivity contribution in [1.29, 1.82) is 0 Å². The number of ether oxygens (including phenoxy) is 1. The van der Waals surface area contributed by atoms with Crippen LogP contribution in [0.5, 0.6) is 0 Å². The van der Waals surface area contributed by atoms with Crippen LogP contribution in [0.1, 0.15) is 53.9 Å². The smallest absolute Gasteiger partial charge is 0.331 e. The van der Waals surface area contributed by atoms with Crippen molar-refractivity contribution >= 4 is 11.9 Å². The number of allylic oxidation sites excluding steroid dienone is 2. The molecule has 2 aliphatic heterocycles. The summed E-state index contributed by atoms with van der Waals surface area (Å²) in [7, 11) is 0. The van der Waals surface area contributed by atoms with Gasteiger partial charge in [0.05, 0.1) is 6.10 Å². The van der Waals surface area contributed by atoms with Crippen LogP contribution >= 0.6 is 0 Å². The molecule has 7 atom stereocenters. The molecule has 1 amide bonds. The standard InChI is InChI=1S/C25H37NO5/c1-14(2)8-21-23-17(5)16(4)11-19-10-15(3)9-18(13-27)12-20(28)6-7-22(29)31-25(19,23)24(30)26-21/h6-7,10-11,14,17-21,23,27-28H,8-9,12-13H2,1-5H3,(H,26,30). The molecule has 3 aliphatic rings. The first kappa shape index (κ1) is 23.7. The van der Waals surface area contributed by atoms with Crippen molar-refractivity contribution in [3.63, 3.8) is 0 Å². The molecule has 31 heavy (non-hydrogen) atoms. The maximum atomic E-state index is 13.5. The van der Waals surface area contributed by atoms with Crippen molar-refractivity contribution in [1.82, 2.24) is 5.32 Å². The van der Waals surface area contributed by atoms with Gasteiger partial charge < -0.3 is 20.3 Å². The summed E-state index contributed by atoms with van der Waals surface area (Å²) in [6.45, 7) is 10.4. The molecule has 0 aromatic rings. The van der Waals surface area contributed by atoms with Gasteiger partial charge in [0.2, 0.25) is 5.60 Å². The molecular weight excluding hydrogens is 394 g/mol. The highest BCUT2D eigenvalue weighted by molar-refractivity contribution is 5.94. The van der Waals surface area contributed by atoms with E-state index in [9.17, 15) is 19.8 Å². The number of rotatable bonds is 3. The summed E-state index contributed by atoms with van der Waals surface area (Å²) in [6, 6.07) is -0.0807. The van der Waals surface area contributed by atoms with E-state index in [-0.39, 0.29) is 42.2 Å². The SMILES string of the molecule is CC1=CC2C=C(C)C(C)C3C(CC(C)C)NC(=O)C23OC(=O)C=CC(O)CC(CO)C1. The number of hydrogen-bond donors (Lipinski definition) is 3. The predicted molar refractivity (Wildman–Crippen MR) is 119 cm³/mol. The molecule has 3 N–H and O–H groups in total.